The van der Waals surface area contributed by atoms with Crippen molar-refractivity contribution < 1.29 is 0 Å². The van der Waals surface area contributed by atoms with Gasteiger partial charge in [-0.1, -0.05) is 0 Å². The summed E-state index contributed by atoms with van der Waals surface area (Å²) < 4.78 is 0. The van der Waals surface area contributed by atoms with Crippen molar-refractivity contribution in [2.75, 3.05) is 0 Å². The van der Waals surface area contributed by atoms with Gasteiger partial charge in [0.2, 0.25) is 0 Å². The molecular formula is C10H15NS. The van der Waals surface area contributed by atoms with E-state index in [9.17, 15) is 0 Å². The SMILES string of the molecule is Cc1ccc(CNC2(C)CC2)s1. The molecule has 1 aromatic heterocycles. The summed E-state index contributed by atoms with van der Waals surface area (Å²) in [7, 11) is 0. The molecule has 0 spiro atoms. The van der Waals surface area contributed by atoms with E-state index in [0.717, 1.165) is 6.54 Å². The zero-order valence-electron chi connectivity index (χ0n) is 7.68. The second-order valence-electron chi connectivity index (χ2n) is 3.93. The van der Waals surface area contributed by atoms with Gasteiger partial charge in [-0.2, -0.15) is 0 Å². The van der Waals surface area contributed by atoms with Gasteiger partial charge in [-0.25, -0.2) is 0 Å². The maximum Gasteiger partial charge on any atom is 0.0304 e. The quantitative estimate of drug-likeness (QED) is 0.756. The molecule has 1 nitrogen and oxygen atoms in total. The summed E-state index contributed by atoms with van der Waals surface area (Å²) >= 11 is 1.89. The monoisotopic (exact) mass is 181 g/mol. The second kappa shape index (κ2) is 2.86. The van der Waals surface area contributed by atoms with Crippen LogP contribution >= 0.6 is 11.3 Å². The van der Waals surface area contributed by atoms with Crippen molar-refractivity contribution in [2.45, 2.75) is 38.8 Å². The van der Waals surface area contributed by atoms with Gasteiger partial charge in [0.05, 0.1) is 0 Å². The fourth-order valence-corrected chi connectivity index (χ4v) is 2.07. The highest BCUT2D eigenvalue weighted by atomic mass is 32.1. The molecule has 1 aliphatic rings. The Morgan fingerprint density at radius 2 is 2.25 bits per heavy atom. The van der Waals surface area contributed by atoms with Gasteiger partial charge in [0.25, 0.3) is 0 Å². The Morgan fingerprint density at radius 1 is 1.50 bits per heavy atom. The molecule has 0 saturated heterocycles. The van der Waals surface area contributed by atoms with E-state index < -0.39 is 0 Å². The Bertz CT molecular complexity index is 273. The lowest BCUT2D eigenvalue weighted by Gasteiger charge is -2.08. The molecule has 2 rings (SSSR count). The Hall–Kier alpha value is -0.340. The topological polar surface area (TPSA) is 12.0 Å². The minimum Gasteiger partial charge on any atom is -0.307 e. The summed E-state index contributed by atoms with van der Waals surface area (Å²) in [5, 5.41) is 3.57. The Balaban J connectivity index is 1.87. The molecule has 0 aromatic carbocycles. The molecule has 1 aromatic rings. The summed E-state index contributed by atoms with van der Waals surface area (Å²) in [6.07, 6.45) is 2.69. The van der Waals surface area contributed by atoms with Crippen molar-refractivity contribution in [1.82, 2.24) is 5.32 Å². The Kier molecular flexibility index (Phi) is 1.97. The molecule has 2 heteroatoms. The summed E-state index contributed by atoms with van der Waals surface area (Å²) in [5.41, 5.74) is 0.470. The highest BCUT2D eigenvalue weighted by Gasteiger charge is 2.36. The smallest absolute Gasteiger partial charge is 0.0304 e. The summed E-state index contributed by atoms with van der Waals surface area (Å²) in [4.78, 5) is 2.87. The first-order valence-corrected chi connectivity index (χ1v) is 5.30. The van der Waals surface area contributed by atoms with Crippen LogP contribution in [0.25, 0.3) is 0 Å². The molecule has 1 N–H and O–H groups in total. The first-order valence-electron chi connectivity index (χ1n) is 4.48. The van der Waals surface area contributed by atoms with Crippen molar-refractivity contribution in [2.24, 2.45) is 0 Å². The van der Waals surface area contributed by atoms with Crippen molar-refractivity contribution in [3.05, 3.63) is 21.9 Å². The number of hydrogen-bond donors (Lipinski definition) is 1. The maximum atomic E-state index is 3.57. The maximum absolute atomic E-state index is 3.57. The average Bonchev–Trinajstić information content (AvgIpc) is 2.60. The lowest BCUT2D eigenvalue weighted by atomic mass is 10.3. The molecule has 1 aliphatic carbocycles. The van der Waals surface area contributed by atoms with Crippen LogP contribution in [0.3, 0.4) is 0 Å². The molecule has 1 fully saturated rings. The van der Waals surface area contributed by atoms with Gasteiger partial charge in [-0.15, -0.1) is 11.3 Å². The van der Waals surface area contributed by atoms with E-state index in [1.54, 1.807) is 0 Å². The lowest BCUT2D eigenvalue weighted by molar-refractivity contribution is 0.541. The van der Waals surface area contributed by atoms with Gasteiger partial charge in [-0.05, 0) is 38.8 Å². The van der Waals surface area contributed by atoms with Crippen LogP contribution in [-0.4, -0.2) is 5.54 Å². The van der Waals surface area contributed by atoms with E-state index in [4.69, 9.17) is 0 Å². The molecule has 1 heterocycles. The molecule has 0 unspecified atom stereocenters. The molecular weight excluding hydrogens is 166 g/mol. The number of hydrogen-bond acceptors (Lipinski definition) is 2. The third-order valence-corrected chi connectivity index (χ3v) is 3.49. The highest BCUT2D eigenvalue weighted by Crippen LogP contribution is 2.34. The van der Waals surface area contributed by atoms with Crippen molar-refractivity contribution >= 4 is 11.3 Å². The molecule has 0 amide bonds. The largest absolute Gasteiger partial charge is 0.307 e. The van der Waals surface area contributed by atoms with E-state index in [1.165, 1.54) is 22.6 Å². The third kappa shape index (κ3) is 1.87. The zero-order chi connectivity index (χ0) is 8.60. The van der Waals surface area contributed by atoms with E-state index in [-0.39, 0.29) is 0 Å². The van der Waals surface area contributed by atoms with Gasteiger partial charge >= 0.3 is 0 Å². The summed E-state index contributed by atoms with van der Waals surface area (Å²) in [5.74, 6) is 0. The molecule has 12 heavy (non-hydrogen) atoms. The Morgan fingerprint density at radius 3 is 2.75 bits per heavy atom. The standard InChI is InChI=1S/C10H15NS/c1-8-3-4-9(12-8)7-11-10(2)5-6-10/h3-4,11H,5-7H2,1-2H3. The lowest BCUT2D eigenvalue weighted by Crippen LogP contribution is -2.26. The van der Waals surface area contributed by atoms with E-state index in [1.807, 2.05) is 11.3 Å². The fraction of sp³-hybridized carbons (Fsp3) is 0.600. The molecule has 66 valence electrons. The van der Waals surface area contributed by atoms with Gasteiger partial charge in [-0.3, -0.25) is 0 Å². The minimum absolute atomic E-state index is 0.470. The number of nitrogens with one attached hydrogen (secondary N) is 1. The minimum atomic E-state index is 0.470. The number of thiophene rings is 1. The van der Waals surface area contributed by atoms with Crippen LogP contribution < -0.4 is 5.32 Å². The number of rotatable bonds is 3. The van der Waals surface area contributed by atoms with Crippen LogP contribution in [0.5, 0.6) is 0 Å². The molecule has 0 atom stereocenters. The molecule has 1 saturated carbocycles. The first-order chi connectivity index (χ1) is 5.68. The molecule has 0 bridgehead atoms. The van der Waals surface area contributed by atoms with Crippen molar-refractivity contribution in [3.8, 4) is 0 Å². The Labute approximate surface area is 77.8 Å². The van der Waals surface area contributed by atoms with Crippen LogP contribution in [-0.2, 0) is 6.54 Å². The third-order valence-electron chi connectivity index (χ3n) is 2.49. The highest BCUT2D eigenvalue weighted by molar-refractivity contribution is 7.11. The average molecular weight is 181 g/mol. The first kappa shape index (κ1) is 8.27. The van der Waals surface area contributed by atoms with Crippen LogP contribution in [0.2, 0.25) is 0 Å². The molecule has 0 radical (unpaired) electrons. The second-order valence-corrected chi connectivity index (χ2v) is 5.30. The van der Waals surface area contributed by atoms with Crippen molar-refractivity contribution in [3.63, 3.8) is 0 Å². The van der Waals surface area contributed by atoms with Crippen LogP contribution in [0.4, 0.5) is 0 Å². The fourth-order valence-electron chi connectivity index (χ4n) is 1.24. The van der Waals surface area contributed by atoms with Crippen LogP contribution in [0.15, 0.2) is 12.1 Å². The van der Waals surface area contributed by atoms with E-state index in [2.05, 4.69) is 31.3 Å². The molecule has 0 aliphatic heterocycles. The van der Waals surface area contributed by atoms with E-state index >= 15 is 0 Å². The predicted molar refractivity (Wildman–Crippen MR) is 53.5 cm³/mol. The summed E-state index contributed by atoms with van der Waals surface area (Å²) in [6, 6.07) is 4.41. The van der Waals surface area contributed by atoms with Gasteiger partial charge in [0.15, 0.2) is 0 Å². The predicted octanol–water partition coefficient (Wildman–Crippen LogP) is 2.70. The normalized spacial score (nSPS) is 19.5. The summed E-state index contributed by atoms with van der Waals surface area (Å²) in [6.45, 7) is 5.51. The van der Waals surface area contributed by atoms with Gasteiger partial charge in [0, 0.05) is 21.8 Å². The van der Waals surface area contributed by atoms with Crippen LogP contribution in [0.1, 0.15) is 29.5 Å². The van der Waals surface area contributed by atoms with Gasteiger partial charge < -0.3 is 5.32 Å². The van der Waals surface area contributed by atoms with E-state index in [0.29, 0.717) is 5.54 Å². The van der Waals surface area contributed by atoms with Crippen LogP contribution in [0, 0.1) is 6.92 Å². The van der Waals surface area contributed by atoms with Crippen molar-refractivity contribution in [1.29, 1.82) is 0 Å². The zero-order valence-corrected chi connectivity index (χ0v) is 8.50. The van der Waals surface area contributed by atoms with Gasteiger partial charge in [0.1, 0.15) is 0 Å². The number of aryl methyl sites for hydroxylation is 1.